The molecule has 1 aromatic heterocycles. The van der Waals surface area contributed by atoms with Gasteiger partial charge in [-0.1, -0.05) is 26.0 Å². The fourth-order valence-electron chi connectivity index (χ4n) is 3.34. The molecule has 1 aromatic carbocycles. The van der Waals surface area contributed by atoms with Crippen molar-refractivity contribution in [1.29, 1.82) is 0 Å². The second-order valence-corrected chi connectivity index (χ2v) is 7.67. The van der Waals surface area contributed by atoms with Crippen molar-refractivity contribution >= 4 is 17.4 Å². The van der Waals surface area contributed by atoms with Crippen LogP contribution in [0.1, 0.15) is 48.7 Å². The van der Waals surface area contributed by atoms with E-state index in [1.165, 1.54) is 16.7 Å². The first-order valence-corrected chi connectivity index (χ1v) is 9.59. The minimum Gasteiger partial charge on any atom is -0.381 e. The molecular formula is C21H29N5O. The third-order valence-electron chi connectivity index (χ3n) is 4.94. The summed E-state index contributed by atoms with van der Waals surface area (Å²) in [6, 6.07) is 9.04. The van der Waals surface area contributed by atoms with Crippen molar-refractivity contribution in [2.75, 3.05) is 37.4 Å². The van der Waals surface area contributed by atoms with Crippen LogP contribution >= 0.6 is 0 Å². The Morgan fingerprint density at radius 3 is 2.63 bits per heavy atom. The molecule has 0 radical (unpaired) electrons. The Balaban J connectivity index is 1.67. The Hall–Kier alpha value is -2.63. The molecule has 1 aliphatic heterocycles. The van der Waals surface area contributed by atoms with Gasteiger partial charge in [-0.25, -0.2) is 4.98 Å². The Kier molecular flexibility index (Phi) is 5.94. The molecule has 27 heavy (non-hydrogen) atoms. The summed E-state index contributed by atoms with van der Waals surface area (Å²) >= 11 is 0. The molecule has 0 spiro atoms. The van der Waals surface area contributed by atoms with Gasteiger partial charge in [-0.05, 0) is 36.5 Å². The van der Waals surface area contributed by atoms with Crippen molar-refractivity contribution in [1.82, 2.24) is 14.9 Å². The first kappa shape index (κ1) is 19.1. The van der Waals surface area contributed by atoms with E-state index >= 15 is 0 Å². The molecule has 6 nitrogen and oxygen atoms in total. The molecule has 0 aliphatic carbocycles. The second-order valence-electron chi connectivity index (χ2n) is 7.67. The van der Waals surface area contributed by atoms with Crippen molar-refractivity contribution in [3.05, 3.63) is 47.9 Å². The van der Waals surface area contributed by atoms with Crippen LogP contribution in [0, 0.1) is 0 Å². The fraction of sp³-hybridized carbons (Fsp3) is 0.476. The lowest BCUT2D eigenvalue weighted by atomic mass is 10.0. The predicted molar refractivity (Wildman–Crippen MR) is 109 cm³/mol. The lowest BCUT2D eigenvalue weighted by Crippen LogP contribution is -2.42. The van der Waals surface area contributed by atoms with Gasteiger partial charge in [0.05, 0.1) is 12.4 Å². The van der Waals surface area contributed by atoms with Gasteiger partial charge in [0, 0.05) is 38.9 Å². The Bertz CT molecular complexity index is 772. The Labute approximate surface area is 161 Å². The van der Waals surface area contributed by atoms with Gasteiger partial charge in [-0.3, -0.25) is 9.78 Å². The van der Waals surface area contributed by atoms with Gasteiger partial charge >= 0.3 is 0 Å². The fourth-order valence-corrected chi connectivity index (χ4v) is 3.34. The molecule has 0 unspecified atom stereocenters. The normalized spacial score (nSPS) is 17.1. The largest absolute Gasteiger partial charge is 0.381 e. The molecule has 1 aliphatic rings. The lowest BCUT2D eigenvalue weighted by Gasteiger charge is -2.34. The maximum absolute atomic E-state index is 12.2. The highest BCUT2D eigenvalue weighted by Gasteiger charge is 2.22. The van der Waals surface area contributed by atoms with E-state index < -0.39 is 0 Å². The summed E-state index contributed by atoms with van der Waals surface area (Å²) in [5, 5.41) is 3.64. The van der Waals surface area contributed by atoms with Crippen LogP contribution in [0.25, 0.3) is 0 Å². The summed E-state index contributed by atoms with van der Waals surface area (Å²) in [6.07, 6.45) is 5.47. The van der Waals surface area contributed by atoms with Gasteiger partial charge in [0.2, 0.25) is 0 Å². The molecule has 1 N–H and O–H groups in total. The van der Waals surface area contributed by atoms with Gasteiger partial charge in [0.1, 0.15) is 11.5 Å². The number of nitrogens with one attached hydrogen (secondary N) is 1. The highest BCUT2D eigenvalue weighted by Crippen LogP contribution is 2.22. The van der Waals surface area contributed by atoms with Crippen molar-refractivity contribution < 1.29 is 4.79 Å². The number of carbonyl (C=O) groups excluding carboxylic acids is 1. The van der Waals surface area contributed by atoms with Crippen molar-refractivity contribution in [3.8, 4) is 0 Å². The maximum atomic E-state index is 12.2. The summed E-state index contributed by atoms with van der Waals surface area (Å²) in [4.78, 5) is 24.6. The van der Waals surface area contributed by atoms with Crippen molar-refractivity contribution in [3.63, 3.8) is 0 Å². The first-order chi connectivity index (χ1) is 12.9. The van der Waals surface area contributed by atoms with Crippen LogP contribution < -0.4 is 10.2 Å². The zero-order valence-electron chi connectivity index (χ0n) is 16.6. The number of benzene rings is 1. The van der Waals surface area contributed by atoms with E-state index in [1.54, 1.807) is 20.3 Å². The third kappa shape index (κ3) is 4.76. The van der Waals surface area contributed by atoms with E-state index in [4.69, 9.17) is 0 Å². The molecule has 6 heteroatoms. The highest BCUT2D eigenvalue weighted by molar-refractivity contribution is 5.91. The average molecular weight is 367 g/mol. The van der Waals surface area contributed by atoms with Crippen LogP contribution in [0.4, 0.5) is 11.5 Å². The number of nitrogens with zero attached hydrogens (tertiary/aromatic N) is 4. The van der Waals surface area contributed by atoms with E-state index in [2.05, 4.69) is 58.3 Å². The van der Waals surface area contributed by atoms with Crippen LogP contribution in [-0.4, -0.2) is 54.0 Å². The number of aromatic nitrogens is 2. The van der Waals surface area contributed by atoms with Gasteiger partial charge in [0.15, 0.2) is 0 Å². The smallest absolute Gasteiger partial charge is 0.273 e. The summed E-state index contributed by atoms with van der Waals surface area (Å²) in [5.74, 6) is 1.19. The molecule has 0 bridgehead atoms. The molecule has 1 saturated heterocycles. The van der Waals surface area contributed by atoms with E-state index in [0.717, 1.165) is 37.4 Å². The van der Waals surface area contributed by atoms with Gasteiger partial charge in [-0.2, -0.15) is 0 Å². The zero-order valence-corrected chi connectivity index (χ0v) is 16.6. The minimum absolute atomic E-state index is 0.124. The summed E-state index contributed by atoms with van der Waals surface area (Å²) < 4.78 is 0. The van der Waals surface area contributed by atoms with Crippen LogP contribution in [0.2, 0.25) is 0 Å². The monoisotopic (exact) mass is 367 g/mol. The number of hydrogen-bond acceptors (Lipinski definition) is 5. The molecular weight excluding hydrogens is 338 g/mol. The van der Waals surface area contributed by atoms with E-state index in [0.29, 0.717) is 17.7 Å². The van der Waals surface area contributed by atoms with E-state index in [-0.39, 0.29) is 5.91 Å². The van der Waals surface area contributed by atoms with Crippen LogP contribution in [-0.2, 0) is 0 Å². The second kappa shape index (κ2) is 8.37. The molecule has 1 amide bonds. The summed E-state index contributed by atoms with van der Waals surface area (Å²) in [6.45, 7) is 6.19. The van der Waals surface area contributed by atoms with Crippen LogP contribution in [0.5, 0.6) is 0 Å². The molecule has 2 aromatic rings. The van der Waals surface area contributed by atoms with Gasteiger partial charge < -0.3 is 15.1 Å². The molecule has 0 saturated carbocycles. The number of amides is 1. The van der Waals surface area contributed by atoms with Crippen LogP contribution in [0.15, 0.2) is 36.7 Å². The summed E-state index contributed by atoms with van der Waals surface area (Å²) in [7, 11) is 3.45. The predicted octanol–water partition coefficient (Wildman–Crippen LogP) is 3.38. The van der Waals surface area contributed by atoms with Crippen molar-refractivity contribution in [2.45, 2.75) is 38.6 Å². The Morgan fingerprint density at radius 1 is 1.22 bits per heavy atom. The van der Waals surface area contributed by atoms with Crippen molar-refractivity contribution in [2.24, 2.45) is 0 Å². The number of piperidine rings is 1. The number of anilines is 2. The summed E-state index contributed by atoms with van der Waals surface area (Å²) in [5.41, 5.74) is 2.88. The standard InChI is InChI=1S/C21H29N5O/c1-15(2)16-7-9-17(10-8-16)23-18-6-5-11-26(14-18)20-13-22-12-19(24-20)21(27)25(3)4/h7-10,12-13,15,18,23H,5-6,11,14H2,1-4H3/t18-/m1/s1. The lowest BCUT2D eigenvalue weighted by molar-refractivity contribution is 0.0821. The molecule has 1 atom stereocenters. The van der Waals surface area contributed by atoms with E-state index in [9.17, 15) is 4.79 Å². The average Bonchev–Trinajstić information content (AvgIpc) is 2.68. The highest BCUT2D eigenvalue weighted by atomic mass is 16.2. The molecule has 1 fully saturated rings. The van der Waals surface area contributed by atoms with Gasteiger partial charge in [-0.15, -0.1) is 0 Å². The van der Waals surface area contributed by atoms with E-state index in [1.807, 2.05) is 0 Å². The zero-order chi connectivity index (χ0) is 19.4. The number of rotatable bonds is 5. The number of hydrogen-bond donors (Lipinski definition) is 1. The molecule has 144 valence electrons. The molecule has 2 heterocycles. The topological polar surface area (TPSA) is 61.4 Å². The molecule has 3 rings (SSSR count). The Morgan fingerprint density at radius 2 is 1.96 bits per heavy atom. The first-order valence-electron chi connectivity index (χ1n) is 9.59. The van der Waals surface area contributed by atoms with Crippen LogP contribution in [0.3, 0.4) is 0 Å². The minimum atomic E-state index is -0.124. The van der Waals surface area contributed by atoms with Gasteiger partial charge in [0.25, 0.3) is 5.91 Å². The number of carbonyl (C=O) groups is 1. The quantitative estimate of drug-likeness (QED) is 0.878. The third-order valence-corrected chi connectivity index (χ3v) is 4.94. The SMILES string of the molecule is CC(C)c1ccc(N[C@@H]2CCCN(c3cncc(C(=O)N(C)C)n3)C2)cc1. The maximum Gasteiger partial charge on any atom is 0.273 e.